The Kier molecular flexibility index (Phi) is 4.83. The van der Waals surface area contributed by atoms with Crippen molar-refractivity contribution in [2.75, 3.05) is 0 Å². The maximum atomic E-state index is 6.43. The van der Waals surface area contributed by atoms with Gasteiger partial charge in [-0.25, -0.2) is 4.98 Å². The van der Waals surface area contributed by atoms with E-state index in [0.29, 0.717) is 5.02 Å². The monoisotopic (exact) mass is 376 g/mol. The molecule has 0 radical (unpaired) electrons. The summed E-state index contributed by atoms with van der Waals surface area (Å²) in [6.07, 6.45) is 1.55. The van der Waals surface area contributed by atoms with Crippen molar-refractivity contribution in [3.8, 4) is 11.4 Å². The number of thiocarbonyl (C=S) groups is 1. The van der Waals surface area contributed by atoms with E-state index in [9.17, 15) is 0 Å². The summed E-state index contributed by atoms with van der Waals surface area (Å²) in [5, 5.41) is 0.682. The summed E-state index contributed by atoms with van der Waals surface area (Å²) in [6, 6.07) is 24.3. The van der Waals surface area contributed by atoms with E-state index in [2.05, 4.69) is 28.2 Å². The van der Waals surface area contributed by atoms with Crippen LogP contribution in [-0.2, 0) is 12.8 Å². The first-order chi connectivity index (χ1) is 12.7. The van der Waals surface area contributed by atoms with Crippen LogP contribution in [0.2, 0.25) is 5.02 Å². The molecule has 4 heteroatoms. The predicted octanol–water partition coefficient (Wildman–Crippen LogP) is 6.04. The Morgan fingerprint density at radius 1 is 0.885 bits per heavy atom. The van der Waals surface area contributed by atoms with Gasteiger partial charge in [0, 0.05) is 23.3 Å². The first-order valence-electron chi connectivity index (χ1n) is 8.48. The highest BCUT2D eigenvalue weighted by atomic mass is 35.5. The van der Waals surface area contributed by atoms with E-state index in [1.807, 2.05) is 54.6 Å². The van der Waals surface area contributed by atoms with Crippen LogP contribution < -0.4 is 0 Å². The van der Waals surface area contributed by atoms with E-state index in [4.69, 9.17) is 23.8 Å². The number of imidazole rings is 1. The van der Waals surface area contributed by atoms with Gasteiger partial charge >= 0.3 is 0 Å². The molecule has 0 fully saturated rings. The van der Waals surface area contributed by atoms with Crippen LogP contribution in [0, 0.1) is 0 Å². The summed E-state index contributed by atoms with van der Waals surface area (Å²) in [4.78, 5) is 9.01. The van der Waals surface area contributed by atoms with Crippen LogP contribution in [-0.4, -0.2) is 14.8 Å². The van der Waals surface area contributed by atoms with Crippen molar-refractivity contribution in [2.45, 2.75) is 12.8 Å². The van der Waals surface area contributed by atoms with E-state index >= 15 is 0 Å². The molecule has 0 bridgehead atoms. The van der Waals surface area contributed by atoms with Crippen molar-refractivity contribution in [2.24, 2.45) is 0 Å². The van der Waals surface area contributed by atoms with Crippen LogP contribution in [0.15, 0.2) is 72.8 Å². The van der Waals surface area contributed by atoms with Crippen molar-refractivity contribution in [3.05, 3.63) is 88.9 Å². The van der Waals surface area contributed by atoms with Crippen LogP contribution in [0.1, 0.15) is 11.1 Å². The maximum absolute atomic E-state index is 6.43. The van der Waals surface area contributed by atoms with Gasteiger partial charge in [-0.05, 0) is 35.4 Å². The lowest BCUT2D eigenvalue weighted by Gasteiger charge is -2.08. The molecule has 0 atom stereocenters. The van der Waals surface area contributed by atoms with Gasteiger partial charge in [-0.2, -0.15) is 0 Å². The summed E-state index contributed by atoms with van der Waals surface area (Å²) in [7, 11) is 0. The predicted molar refractivity (Wildman–Crippen MR) is 113 cm³/mol. The lowest BCUT2D eigenvalue weighted by molar-refractivity contribution is 1.25. The molecule has 0 aliphatic heterocycles. The van der Waals surface area contributed by atoms with Gasteiger partial charge < -0.3 is 4.98 Å². The fraction of sp³-hybridized carbons (Fsp3) is 0.0909. The molecular formula is C22H17ClN2S. The molecule has 128 valence electrons. The van der Waals surface area contributed by atoms with Gasteiger partial charge in [0.25, 0.3) is 0 Å². The summed E-state index contributed by atoms with van der Waals surface area (Å²) >= 11 is 12.0. The summed E-state index contributed by atoms with van der Waals surface area (Å²) in [5.41, 5.74) is 5.23. The molecule has 0 aliphatic rings. The quantitative estimate of drug-likeness (QED) is 0.430. The van der Waals surface area contributed by atoms with Crippen molar-refractivity contribution < 1.29 is 0 Å². The third-order valence-electron chi connectivity index (χ3n) is 4.32. The Hall–Kier alpha value is -2.49. The highest BCUT2D eigenvalue weighted by Gasteiger charge is 2.11. The van der Waals surface area contributed by atoms with E-state index in [0.717, 1.165) is 45.7 Å². The van der Waals surface area contributed by atoms with Crippen LogP contribution in [0.25, 0.3) is 22.4 Å². The number of aromatic nitrogens is 2. The summed E-state index contributed by atoms with van der Waals surface area (Å²) in [5.74, 6) is 0.784. The highest BCUT2D eigenvalue weighted by Crippen LogP contribution is 2.29. The molecule has 2 nitrogen and oxygen atoms in total. The highest BCUT2D eigenvalue weighted by molar-refractivity contribution is 7.80. The number of fused-ring (bicyclic) bond motifs is 1. The minimum absolute atomic E-state index is 0.682. The smallest absolute Gasteiger partial charge is 0.140 e. The first-order valence-corrected chi connectivity index (χ1v) is 9.27. The zero-order chi connectivity index (χ0) is 17.9. The number of para-hydroxylation sites is 2. The topological polar surface area (TPSA) is 28.7 Å². The third kappa shape index (κ3) is 3.69. The van der Waals surface area contributed by atoms with Crippen molar-refractivity contribution in [1.82, 2.24) is 9.97 Å². The molecule has 26 heavy (non-hydrogen) atoms. The largest absolute Gasteiger partial charge is 0.338 e. The minimum Gasteiger partial charge on any atom is -0.338 e. The average molecular weight is 377 g/mol. The van der Waals surface area contributed by atoms with E-state index in [-0.39, 0.29) is 0 Å². The Bertz CT molecular complexity index is 1040. The van der Waals surface area contributed by atoms with Crippen molar-refractivity contribution in [3.63, 3.8) is 0 Å². The Labute approximate surface area is 162 Å². The number of hydrogen-bond donors (Lipinski definition) is 1. The normalized spacial score (nSPS) is 11.0. The van der Waals surface area contributed by atoms with Gasteiger partial charge in [-0.15, -0.1) is 0 Å². The average Bonchev–Trinajstić information content (AvgIpc) is 3.08. The number of hydrogen-bond acceptors (Lipinski definition) is 2. The van der Waals surface area contributed by atoms with Crippen LogP contribution in [0.4, 0.5) is 0 Å². The SMILES string of the molecule is S=C(Cc1ccccc1)Cc1ccc(Cl)c(-c2nc3ccccc3[nH]2)c1. The Morgan fingerprint density at radius 3 is 2.42 bits per heavy atom. The van der Waals surface area contributed by atoms with Gasteiger partial charge in [-0.1, -0.05) is 72.3 Å². The number of nitrogens with one attached hydrogen (secondary N) is 1. The zero-order valence-corrected chi connectivity index (χ0v) is 15.6. The van der Waals surface area contributed by atoms with Crippen molar-refractivity contribution in [1.29, 1.82) is 0 Å². The lowest BCUT2D eigenvalue weighted by atomic mass is 10.0. The molecule has 0 amide bonds. The van der Waals surface area contributed by atoms with Crippen LogP contribution in [0.3, 0.4) is 0 Å². The molecule has 1 aromatic heterocycles. The molecule has 0 saturated heterocycles. The molecular weight excluding hydrogens is 360 g/mol. The number of benzene rings is 3. The number of nitrogens with zero attached hydrogens (tertiary/aromatic N) is 1. The summed E-state index contributed by atoms with van der Waals surface area (Å²) < 4.78 is 0. The Morgan fingerprint density at radius 2 is 1.62 bits per heavy atom. The van der Waals surface area contributed by atoms with Crippen molar-refractivity contribution >= 4 is 39.7 Å². The maximum Gasteiger partial charge on any atom is 0.140 e. The van der Waals surface area contributed by atoms with E-state index in [1.165, 1.54) is 5.56 Å². The molecule has 4 aromatic rings. The van der Waals surface area contributed by atoms with Gasteiger partial charge in [0.15, 0.2) is 0 Å². The number of rotatable bonds is 5. The minimum atomic E-state index is 0.682. The molecule has 0 spiro atoms. The van der Waals surface area contributed by atoms with Gasteiger partial charge in [-0.3, -0.25) is 0 Å². The molecule has 1 heterocycles. The molecule has 1 N–H and O–H groups in total. The second-order valence-electron chi connectivity index (χ2n) is 6.29. The van der Waals surface area contributed by atoms with E-state index < -0.39 is 0 Å². The molecule has 4 rings (SSSR count). The Balaban J connectivity index is 1.59. The number of H-pyrrole nitrogens is 1. The summed E-state index contributed by atoms with van der Waals surface area (Å²) in [6.45, 7) is 0. The van der Waals surface area contributed by atoms with Gasteiger partial charge in [0.1, 0.15) is 5.82 Å². The second-order valence-corrected chi connectivity index (χ2v) is 7.28. The fourth-order valence-electron chi connectivity index (χ4n) is 3.06. The molecule has 3 aromatic carbocycles. The molecule has 0 unspecified atom stereocenters. The van der Waals surface area contributed by atoms with E-state index in [1.54, 1.807) is 0 Å². The standard InChI is InChI=1S/C22H17ClN2S/c23-19-11-10-16(13-17(26)12-15-6-2-1-3-7-15)14-18(19)22-24-20-8-4-5-9-21(20)25-22/h1-11,14H,12-13H2,(H,24,25). The third-order valence-corrected chi connectivity index (χ3v) is 4.94. The van der Waals surface area contributed by atoms with Crippen LogP contribution >= 0.6 is 23.8 Å². The lowest BCUT2D eigenvalue weighted by Crippen LogP contribution is -2.04. The van der Waals surface area contributed by atoms with Crippen LogP contribution in [0.5, 0.6) is 0 Å². The van der Waals surface area contributed by atoms with Gasteiger partial charge in [0.05, 0.1) is 16.1 Å². The first kappa shape index (κ1) is 17.0. The zero-order valence-electron chi connectivity index (χ0n) is 14.1. The molecule has 0 saturated carbocycles. The number of halogens is 1. The number of aromatic amines is 1. The van der Waals surface area contributed by atoms with Gasteiger partial charge in [0.2, 0.25) is 0 Å². The molecule has 0 aliphatic carbocycles. The fourth-order valence-corrected chi connectivity index (χ4v) is 3.60. The second kappa shape index (κ2) is 7.40.